The summed E-state index contributed by atoms with van der Waals surface area (Å²) in [5, 5.41) is 1.02. The molecule has 1 aliphatic rings. The topological polar surface area (TPSA) is 17.1 Å². The fourth-order valence-corrected chi connectivity index (χ4v) is 2.08. The normalized spacial score (nSPS) is 24.3. The predicted molar refractivity (Wildman–Crippen MR) is 62.6 cm³/mol. The first-order valence-electron chi connectivity index (χ1n) is 4.89. The van der Waals surface area contributed by atoms with E-state index in [1.165, 1.54) is 6.08 Å². The monoisotopic (exact) mass is 258 g/mol. The molecular formula is C12H9Cl2FO. The van der Waals surface area contributed by atoms with E-state index in [2.05, 4.69) is 0 Å². The summed E-state index contributed by atoms with van der Waals surface area (Å²) in [6.45, 7) is 0. The first-order chi connectivity index (χ1) is 7.61. The van der Waals surface area contributed by atoms with Gasteiger partial charge in [0.2, 0.25) is 0 Å². The Hall–Kier alpha value is -0.860. The van der Waals surface area contributed by atoms with Gasteiger partial charge in [0.05, 0.1) is 10.0 Å². The van der Waals surface area contributed by atoms with Crippen LogP contribution in [0.25, 0.3) is 0 Å². The third kappa shape index (κ3) is 2.45. The molecule has 0 heterocycles. The molecule has 0 unspecified atom stereocenters. The van der Waals surface area contributed by atoms with Gasteiger partial charge >= 0.3 is 0 Å². The van der Waals surface area contributed by atoms with Crippen molar-refractivity contribution in [3.8, 4) is 0 Å². The number of hydrogen-bond donors (Lipinski definition) is 0. The van der Waals surface area contributed by atoms with Gasteiger partial charge in [-0.15, -0.1) is 0 Å². The van der Waals surface area contributed by atoms with Crippen molar-refractivity contribution in [3.05, 3.63) is 45.7 Å². The predicted octanol–water partition coefficient (Wildman–Crippen LogP) is 4.15. The zero-order valence-electron chi connectivity index (χ0n) is 8.29. The molecule has 0 amide bonds. The molecule has 1 fully saturated rings. The number of rotatable bonds is 3. The fourth-order valence-electron chi connectivity index (χ4n) is 1.77. The standard InChI is InChI=1S/C12H9Cl2FO/c13-11-2-1-7(5-12(11)14)10-4-8(10)3-9(15)6-16/h1-3,5-6,8,10H,4H2/t8-,10+/m1/s1. The van der Waals surface area contributed by atoms with Gasteiger partial charge in [-0.05, 0) is 42.0 Å². The van der Waals surface area contributed by atoms with Gasteiger partial charge in [-0.1, -0.05) is 29.3 Å². The van der Waals surface area contributed by atoms with Crippen molar-refractivity contribution < 1.29 is 9.18 Å². The highest BCUT2D eigenvalue weighted by molar-refractivity contribution is 6.42. The minimum absolute atomic E-state index is 0.0995. The molecule has 1 aromatic carbocycles. The maximum absolute atomic E-state index is 12.7. The second kappa shape index (κ2) is 4.56. The second-order valence-electron chi connectivity index (χ2n) is 3.85. The molecule has 0 saturated heterocycles. The molecule has 0 aromatic heterocycles. The molecule has 0 aliphatic heterocycles. The molecule has 2 rings (SSSR count). The Bertz CT molecular complexity index is 456. The molecule has 2 atom stereocenters. The third-order valence-electron chi connectivity index (χ3n) is 2.70. The van der Waals surface area contributed by atoms with Crippen LogP contribution in [0.3, 0.4) is 0 Å². The summed E-state index contributed by atoms with van der Waals surface area (Å²) in [7, 11) is 0. The van der Waals surface area contributed by atoms with Crippen molar-refractivity contribution in [1.29, 1.82) is 0 Å². The summed E-state index contributed by atoms with van der Waals surface area (Å²) < 4.78 is 12.7. The third-order valence-corrected chi connectivity index (χ3v) is 3.44. The lowest BCUT2D eigenvalue weighted by atomic mass is 10.1. The number of aldehydes is 1. The summed E-state index contributed by atoms with van der Waals surface area (Å²) in [5.74, 6) is -0.351. The van der Waals surface area contributed by atoms with Crippen molar-refractivity contribution in [2.75, 3.05) is 0 Å². The molecule has 0 N–H and O–H groups in total. The molecule has 1 aromatic rings. The van der Waals surface area contributed by atoms with Gasteiger partial charge in [0, 0.05) is 0 Å². The van der Waals surface area contributed by atoms with Gasteiger partial charge in [0.15, 0.2) is 12.1 Å². The Morgan fingerprint density at radius 2 is 2.12 bits per heavy atom. The number of benzene rings is 1. The summed E-state index contributed by atoms with van der Waals surface area (Å²) in [6, 6.07) is 5.40. The SMILES string of the molecule is O=CC(F)=C[C@@H]1C[C@H]1c1ccc(Cl)c(Cl)c1. The molecule has 0 spiro atoms. The maximum atomic E-state index is 12.7. The van der Waals surface area contributed by atoms with E-state index in [1.54, 1.807) is 12.1 Å². The Balaban J connectivity index is 2.11. The largest absolute Gasteiger partial charge is 0.295 e. The Morgan fingerprint density at radius 3 is 2.75 bits per heavy atom. The molecule has 84 valence electrons. The van der Waals surface area contributed by atoms with Gasteiger partial charge in [-0.3, -0.25) is 4.79 Å². The van der Waals surface area contributed by atoms with Crippen molar-refractivity contribution in [2.24, 2.45) is 5.92 Å². The number of halogens is 3. The van der Waals surface area contributed by atoms with Crippen LogP contribution in [0.15, 0.2) is 30.1 Å². The second-order valence-corrected chi connectivity index (χ2v) is 4.66. The molecule has 0 radical (unpaired) electrons. The quantitative estimate of drug-likeness (QED) is 0.588. The van der Waals surface area contributed by atoms with Crippen molar-refractivity contribution in [1.82, 2.24) is 0 Å². The van der Waals surface area contributed by atoms with Crippen LogP contribution < -0.4 is 0 Å². The first kappa shape index (κ1) is 11.6. The average molecular weight is 259 g/mol. The molecule has 1 aliphatic carbocycles. The number of allylic oxidation sites excluding steroid dienone is 2. The fraction of sp³-hybridized carbons (Fsp3) is 0.250. The van der Waals surface area contributed by atoms with Gasteiger partial charge in [0.1, 0.15) is 0 Å². The number of carbonyl (C=O) groups excluding carboxylic acids is 1. The number of carbonyl (C=O) groups is 1. The van der Waals surface area contributed by atoms with Crippen LogP contribution in [0.5, 0.6) is 0 Å². The highest BCUT2D eigenvalue weighted by Gasteiger charge is 2.37. The van der Waals surface area contributed by atoms with Crippen LogP contribution >= 0.6 is 23.2 Å². The van der Waals surface area contributed by atoms with E-state index in [4.69, 9.17) is 23.2 Å². The Labute approximate surface area is 103 Å². The smallest absolute Gasteiger partial charge is 0.178 e. The van der Waals surface area contributed by atoms with Crippen molar-refractivity contribution in [2.45, 2.75) is 12.3 Å². The van der Waals surface area contributed by atoms with Crippen LogP contribution in [0.1, 0.15) is 17.9 Å². The van der Waals surface area contributed by atoms with Crippen molar-refractivity contribution >= 4 is 29.5 Å². The Morgan fingerprint density at radius 1 is 1.38 bits per heavy atom. The van der Waals surface area contributed by atoms with Gasteiger partial charge in [0.25, 0.3) is 0 Å². The highest BCUT2D eigenvalue weighted by atomic mass is 35.5. The summed E-state index contributed by atoms with van der Waals surface area (Å²) in [5.41, 5.74) is 1.04. The average Bonchev–Trinajstić information content (AvgIpc) is 3.01. The van der Waals surface area contributed by atoms with Crippen LogP contribution in [0.2, 0.25) is 10.0 Å². The van der Waals surface area contributed by atoms with Crippen LogP contribution in [-0.4, -0.2) is 6.29 Å². The van der Waals surface area contributed by atoms with Crippen LogP contribution in [-0.2, 0) is 4.79 Å². The molecule has 4 heteroatoms. The molecule has 1 nitrogen and oxygen atoms in total. The first-order valence-corrected chi connectivity index (χ1v) is 5.65. The lowest BCUT2D eigenvalue weighted by Gasteiger charge is -2.00. The van der Waals surface area contributed by atoms with E-state index in [9.17, 15) is 9.18 Å². The molecular weight excluding hydrogens is 250 g/mol. The van der Waals surface area contributed by atoms with Crippen LogP contribution in [0.4, 0.5) is 4.39 Å². The summed E-state index contributed by atoms with van der Waals surface area (Å²) >= 11 is 11.7. The lowest BCUT2D eigenvalue weighted by Crippen LogP contribution is -1.83. The summed E-state index contributed by atoms with van der Waals surface area (Å²) in [6.07, 6.45) is 2.43. The van der Waals surface area contributed by atoms with E-state index in [0.29, 0.717) is 10.0 Å². The number of hydrogen-bond acceptors (Lipinski definition) is 1. The Kier molecular flexibility index (Phi) is 3.31. The van der Waals surface area contributed by atoms with E-state index in [1.807, 2.05) is 6.07 Å². The minimum Gasteiger partial charge on any atom is -0.295 e. The lowest BCUT2D eigenvalue weighted by molar-refractivity contribution is -0.106. The van der Waals surface area contributed by atoms with E-state index in [0.717, 1.165) is 12.0 Å². The zero-order chi connectivity index (χ0) is 11.7. The van der Waals surface area contributed by atoms with E-state index < -0.39 is 5.83 Å². The van der Waals surface area contributed by atoms with Crippen molar-refractivity contribution in [3.63, 3.8) is 0 Å². The van der Waals surface area contributed by atoms with E-state index >= 15 is 0 Å². The molecule has 16 heavy (non-hydrogen) atoms. The maximum Gasteiger partial charge on any atom is 0.178 e. The van der Waals surface area contributed by atoms with Gasteiger partial charge in [-0.25, -0.2) is 4.39 Å². The molecule has 0 bridgehead atoms. The van der Waals surface area contributed by atoms with Crippen LogP contribution in [0, 0.1) is 5.92 Å². The zero-order valence-corrected chi connectivity index (χ0v) is 9.80. The van der Waals surface area contributed by atoms with E-state index in [-0.39, 0.29) is 18.1 Å². The van der Waals surface area contributed by atoms with Gasteiger partial charge in [-0.2, -0.15) is 0 Å². The molecule has 1 saturated carbocycles. The van der Waals surface area contributed by atoms with Gasteiger partial charge < -0.3 is 0 Å². The summed E-state index contributed by atoms with van der Waals surface area (Å²) in [4.78, 5) is 10.1. The minimum atomic E-state index is -0.701. The highest BCUT2D eigenvalue weighted by Crippen LogP contribution is 2.49.